The van der Waals surface area contributed by atoms with Gasteiger partial charge in [0.15, 0.2) is 0 Å². The molecule has 0 spiro atoms. The highest BCUT2D eigenvalue weighted by Crippen LogP contribution is 2.37. The first kappa shape index (κ1) is 16.8. The Morgan fingerprint density at radius 2 is 1.81 bits per heavy atom. The molecule has 1 N–H and O–H groups in total. The van der Waals surface area contributed by atoms with Crippen LogP contribution in [0.1, 0.15) is 77.6 Å². The Morgan fingerprint density at radius 3 is 2.43 bits per heavy atom. The highest BCUT2D eigenvalue weighted by atomic mass is 16.4. The summed E-state index contributed by atoms with van der Waals surface area (Å²) in [6.45, 7) is 5.28. The van der Waals surface area contributed by atoms with Gasteiger partial charge in [0.05, 0.1) is 5.41 Å². The summed E-state index contributed by atoms with van der Waals surface area (Å²) < 4.78 is 0. The van der Waals surface area contributed by atoms with E-state index in [0.717, 1.165) is 51.2 Å². The van der Waals surface area contributed by atoms with Crippen LogP contribution in [0.2, 0.25) is 0 Å². The third-order valence-electron chi connectivity index (χ3n) is 5.68. The number of carbonyl (C=O) groups is 1. The molecule has 1 atom stereocenters. The fourth-order valence-corrected chi connectivity index (χ4v) is 4.35. The number of aliphatic carboxylic acids is 1. The second-order valence-corrected chi connectivity index (χ2v) is 7.36. The summed E-state index contributed by atoms with van der Waals surface area (Å²) >= 11 is 0. The smallest absolute Gasteiger partial charge is 0.310 e. The van der Waals surface area contributed by atoms with Crippen molar-refractivity contribution in [3.8, 4) is 0 Å². The lowest BCUT2D eigenvalue weighted by molar-refractivity contribution is -0.151. The van der Waals surface area contributed by atoms with E-state index in [-0.39, 0.29) is 0 Å². The molecule has 3 nitrogen and oxygen atoms in total. The first-order valence-electron chi connectivity index (χ1n) is 9.12. The minimum Gasteiger partial charge on any atom is -0.481 e. The lowest BCUT2D eigenvalue weighted by Crippen LogP contribution is -2.43. The Balaban J connectivity index is 1.95. The Hall–Kier alpha value is -0.570. The molecular weight excluding hydrogens is 262 g/mol. The Labute approximate surface area is 130 Å². The van der Waals surface area contributed by atoms with E-state index in [1.165, 1.54) is 44.9 Å². The first-order chi connectivity index (χ1) is 10.2. The molecule has 2 rings (SSSR count). The molecule has 0 aromatic heterocycles. The summed E-state index contributed by atoms with van der Waals surface area (Å²) in [5.74, 6) is 0.327. The minimum atomic E-state index is -0.543. The number of likely N-dealkylation sites (tertiary alicyclic amines) is 1. The molecule has 1 saturated carbocycles. The summed E-state index contributed by atoms with van der Waals surface area (Å²) in [7, 11) is 0. The van der Waals surface area contributed by atoms with Gasteiger partial charge in [-0.3, -0.25) is 4.79 Å². The fraction of sp³-hybridized carbons (Fsp3) is 0.944. The van der Waals surface area contributed by atoms with Crippen molar-refractivity contribution in [2.24, 2.45) is 11.3 Å². The van der Waals surface area contributed by atoms with Gasteiger partial charge in [-0.2, -0.15) is 0 Å². The van der Waals surface area contributed by atoms with E-state index in [9.17, 15) is 9.90 Å². The second kappa shape index (κ2) is 8.17. The van der Waals surface area contributed by atoms with Gasteiger partial charge in [0.25, 0.3) is 0 Å². The third-order valence-corrected chi connectivity index (χ3v) is 5.68. The summed E-state index contributed by atoms with van der Waals surface area (Å²) in [6, 6.07) is 0. The van der Waals surface area contributed by atoms with E-state index >= 15 is 0 Å². The zero-order valence-corrected chi connectivity index (χ0v) is 13.8. The van der Waals surface area contributed by atoms with Crippen molar-refractivity contribution in [2.75, 3.05) is 19.6 Å². The maximum absolute atomic E-state index is 11.9. The second-order valence-electron chi connectivity index (χ2n) is 7.36. The van der Waals surface area contributed by atoms with Crippen molar-refractivity contribution >= 4 is 5.97 Å². The van der Waals surface area contributed by atoms with Gasteiger partial charge < -0.3 is 10.0 Å². The van der Waals surface area contributed by atoms with Crippen LogP contribution in [0.25, 0.3) is 0 Å². The van der Waals surface area contributed by atoms with Gasteiger partial charge in [-0.05, 0) is 51.1 Å². The van der Waals surface area contributed by atoms with Gasteiger partial charge in [0, 0.05) is 6.54 Å². The quantitative estimate of drug-likeness (QED) is 0.768. The molecule has 0 aromatic carbocycles. The van der Waals surface area contributed by atoms with Crippen LogP contribution in [0.15, 0.2) is 0 Å². The number of carboxylic acid groups (broad SMARTS) is 1. The van der Waals surface area contributed by atoms with E-state index in [0.29, 0.717) is 0 Å². The standard InChI is InChI=1S/C18H33NO2/c1-2-8-16-9-7-13-19(14-10-16)15-18(17(20)21)11-5-3-4-6-12-18/h16H,2-15H2,1H3,(H,20,21). The van der Waals surface area contributed by atoms with E-state index in [1.807, 2.05) is 0 Å². The predicted octanol–water partition coefficient (Wildman–Crippen LogP) is 4.31. The van der Waals surface area contributed by atoms with Crippen LogP contribution in [0.3, 0.4) is 0 Å². The van der Waals surface area contributed by atoms with Crippen LogP contribution in [-0.4, -0.2) is 35.6 Å². The molecule has 21 heavy (non-hydrogen) atoms. The van der Waals surface area contributed by atoms with Gasteiger partial charge in [0.2, 0.25) is 0 Å². The van der Waals surface area contributed by atoms with Crippen molar-refractivity contribution in [2.45, 2.75) is 77.6 Å². The molecule has 0 amide bonds. The number of rotatable bonds is 5. The highest BCUT2D eigenvalue weighted by Gasteiger charge is 2.40. The maximum Gasteiger partial charge on any atom is 0.310 e. The zero-order chi connectivity index (χ0) is 15.1. The number of carboxylic acids is 1. The van der Waals surface area contributed by atoms with Gasteiger partial charge >= 0.3 is 5.97 Å². The molecule has 1 aliphatic heterocycles. The van der Waals surface area contributed by atoms with E-state index in [4.69, 9.17) is 0 Å². The highest BCUT2D eigenvalue weighted by molar-refractivity contribution is 5.75. The minimum absolute atomic E-state index is 0.457. The predicted molar refractivity (Wildman–Crippen MR) is 86.5 cm³/mol. The molecule has 2 fully saturated rings. The summed E-state index contributed by atoms with van der Waals surface area (Å²) in [4.78, 5) is 14.4. The van der Waals surface area contributed by atoms with Crippen LogP contribution < -0.4 is 0 Å². The Bertz CT molecular complexity index is 321. The average molecular weight is 295 g/mol. The van der Waals surface area contributed by atoms with Gasteiger partial charge in [0.1, 0.15) is 0 Å². The van der Waals surface area contributed by atoms with Crippen molar-refractivity contribution in [1.82, 2.24) is 4.90 Å². The topological polar surface area (TPSA) is 40.5 Å². The summed E-state index contributed by atoms with van der Waals surface area (Å²) in [6.07, 6.45) is 12.9. The van der Waals surface area contributed by atoms with Gasteiger partial charge in [-0.15, -0.1) is 0 Å². The Morgan fingerprint density at radius 1 is 1.10 bits per heavy atom. The van der Waals surface area contributed by atoms with E-state index < -0.39 is 11.4 Å². The monoisotopic (exact) mass is 295 g/mol. The van der Waals surface area contributed by atoms with Crippen LogP contribution in [0.5, 0.6) is 0 Å². The Kier molecular flexibility index (Phi) is 6.53. The molecule has 1 heterocycles. The van der Waals surface area contributed by atoms with Crippen LogP contribution in [-0.2, 0) is 4.79 Å². The molecular formula is C18H33NO2. The molecule has 2 aliphatic rings. The number of nitrogens with zero attached hydrogens (tertiary/aromatic N) is 1. The zero-order valence-electron chi connectivity index (χ0n) is 13.8. The normalized spacial score (nSPS) is 27.8. The van der Waals surface area contributed by atoms with Crippen LogP contribution >= 0.6 is 0 Å². The molecule has 0 radical (unpaired) electrons. The summed E-state index contributed by atoms with van der Waals surface area (Å²) in [5.41, 5.74) is -0.457. The molecule has 0 aromatic rings. The van der Waals surface area contributed by atoms with Crippen molar-refractivity contribution in [1.29, 1.82) is 0 Å². The van der Waals surface area contributed by atoms with E-state index in [2.05, 4.69) is 11.8 Å². The molecule has 1 unspecified atom stereocenters. The summed E-state index contributed by atoms with van der Waals surface area (Å²) in [5, 5.41) is 9.82. The van der Waals surface area contributed by atoms with Gasteiger partial charge in [-0.1, -0.05) is 45.4 Å². The van der Waals surface area contributed by atoms with Crippen molar-refractivity contribution in [3.63, 3.8) is 0 Å². The van der Waals surface area contributed by atoms with Crippen LogP contribution in [0, 0.1) is 11.3 Å². The van der Waals surface area contributed by atoms with E-state index in [1.54, 1.807) is 0 Å². The SMILES string of the molecule is CCCC1CCCN(CC2(C(=O)O)CCCCCC2)CC1. The average Bonchev–Trinajstić information content (AvgIpc) is 2.82. The number of hydrogen-bond acceptors (Lipinski definition) is 2. The third kappa shape index (κ3) is 4.70. The molecule has 3 heteroatoms. The lowest BCUT2D eigenvalue weighted by atomic mass is 9.79. The molecule has 1 aliphatic carbocycles. The first-order valence-corrected chi connectivity index (χ1v) is 9.12. The molecule has 0 bridgehead atoms. The fourth-order valence-electron chi connectivity index (χ4n) is 4.35. The maximum atomic E-state index is 11.9. The molecule has 1 saturated heterocycles. The number of hydrogen-bond donors (Lipinski definition) is 1. The van der Waals surface area contributed by atoms with Crippen molar-refractivity contribution < 1.29 is 9.90 Å². The van der Waals surface area contributed by atoms with Crippen molar-refractivity contribution in [3.05, 3.63) is 0 Å². The van der Waals surface area contributed by atoms with Gasteiger partial charge in [-0.25, -0.2) is 0 Å². The van der Waals surface area contributed by atoms with Crippen LogP contribution in [0.4, 0.5) is 0 Å². The largest absolute Gasteiger partial charge is 0.481 e. The lowest BCUT2D eigenvalue weighted by Gasteiger charge is -2.34. The molecule has 122 valence electrons.